The lowest BCUT2D eigenvalue weighted by atomic mass is 10.2. The zero-order chi connectivity index (χ0) is 14.3. The van der Waals surface area contributed by atoms with Gasteiger partial charge in [0.2, 0.25) is 0 Å². The van der Waals surface area contributed by atoms with Gasteiger partial charge >= 0.3 is 0 Å². The number of rotatable bonds is 3. The third-order valence-corrected chi connectivity index (χ3v) is 3.70. The summed E-state index contributed by atoms with van der Waals surface area (Å²) in [6, 6.07) is 8.26. The molecule has 0 bridgehead atoms. The maximum atomic E-state index is 5.71. The molecule has 0 aliphatic carbocycles. The lowest BCUT2D eigenvalue weighted by molar-refractivity contribution is 0.744. The third-order valence-electron chi connectivity index (χ3n) is 3.70. The van der Waals surface area contributed by atoms with Crippen LogP contribution in [0, 0.1) is 0 Å². The van der Waals surface area contributed by atoms with E-state index in [0.717, 1.165) is 40.2 Å². The fourth-order valence-corrected chi connectivity index (χ4v) is 2.50. The van der Waals surface area contributed by atoms with Gasteiger partial charge in [0.05, 0.1) is 16.7 Å². The number of hydrogen-bond acceptors (Lipinski definition) is 3. The van der Waals surface area contributed by atoms with Crippen molar-refractivity contribution in [1.82, 2.24) is 19.3 Å². The monoisotopic (exact) mass is 269 g/mol. The number of nitrogens with two attached hydrogens (primary N) is 1. The van der Waals surface area contributed by atoms with E-state index in [1.807, 2.05) is 30.9 Å². The quantitative estimate of drug-likeness (QED) is 0.791. The Balaban J connectivity index is 2.20. The molecule has 3 aromatic rings. The van der Waals surface area contributed by atoms with Gasteiger partial charge in [0, 0.05) is 20.6 Å². The van der Waals surface area contributed by atoms with Crippen LogP contribution in [-0.4, -0.2) is 19.3 Å². The highest BCUT2D eigenvalue weighted by molar-refractivity contribution is 5.80. The molecule has 5 nitrogen and oxygen atoms in total. The molecule has 0 spiro atoms. The van der Waals surface area contributed by atoms with E-state index in [1.165, 1.54) is 0 Å². The largest absolute Gasteiger partial charge is 0.326 e. The van der Waals surface area contributed by atoms with E-state index < -0.39 is 0 Å². The first kappa shape index (κ1) is 12.9. The molecule has 0 atom stereocenters. The Hall–Kier alpha value is -2.14. The van der Waals surface area contributed by atoms with Crippen LogP contribution in [0.3, 0.4) is 0 Å². The molecule has 0 unspecified atom stereocenters. The number of aryl methyl sites for hydroxylation is 3. The zero-order valence-corrected chi connectivity index (χ0v) is 12.1. The van der Waals surface area contributed by atoms with Gasteiger partial charge in [0.1, 0.15) is 5.69 Å². The van der Waals surface area contributed by atoms with Crippen LogP contribution in [-0.2, 0) is 27.1 Å². The molecule has 20 heavy (non-hydrogen) atoms. The van der Waals surface area contributed by atoms with Gasteiger partial charge in [-0.25, -0.2) is 4.98 Å². The summed E-state index contributed by atoms with van der Waals surface area (Å²) in [4.78, 5) is 4.73. The molecule has 104 valence electrons. The minimum absolute atomic E-state index is 0.544. The van der Waals surface area contributed by atoms with E-state index in [9.17, 15) is 0 Å². The van der Waals surface area contributed by atoms with Gasteiger partial charge in [-0.1, -0.05) is 13.0 Å². The van der Waals surface area contributed by atoms with Crippen molar-refractivity contribution in [3.8, 4) is 11.5 Å². The van der Waals surface area contributed by atoms with Crippen molar-refractivity contribution in [2.45, 2.75) is 19.9 Å². The summed E-state index contributed by atoms with van der Waals surface area (Å²) in [7, 11) is 3.99. The van der Waals surface area contributed by atoms with E-state index in [-0.39, 0.29) is 0 Å². The number of fused-ring (bicyclic) bond motifs is 1. The summed E-state index contributed by atoms with van der Waals surface area (Å²) in [5.74, 6) is 0.934. The van der Waals surface area contributed by atoms with Crippen molar-refractivity contribution >= 4 is 11.0 Å². The van der Waals surface area contributed by atoms with Crippen molar-refractivity contribution < 1.29 is 0 Å². The lowest BCUT2D eigenvalue weighted by Crippen LogP contribution is -2.00. The van der Waals surface area contributed by atoms with Gasteiger partial charge in [-0.3, -0.25) is 4.68 Å². The molecule has 0 saturated heterocycles. The summed E-state index contributed by atoms with van der Waals surface area (Å²) in [5, 5.41) is 4.49. The molecule has 0 aliphatic heterocycles. The first-order chi connectivity index (χ1) is 9.63. The fraction of sp³-hybridized carbons (Fsp3) is 0.333. The van der Waals surface area contributed by atoms with E-state index in [4.69, 9.17) is 10.7 Å². The van der Waals surface area contributed by atoms with Gasteiger partial charge in [0.25, 0.3) is 0 Å². The van der Waals surface area contributed by atoms with Crippen LogP contribution in [0.15, 0.2) is 24.3 Å². The first-order valence-corrected chi connectivity index (χ1v) is 6.82. The summed E-state index contributed by atoms with van der Waals surface area (Å²) < 4.78 is 3.99. The van der Waals surface area contributed by atoms with E-state index in [1.54, 1.807) is 0 Å². The van der Waals surface area contributed by atoms with E-state index in [0.29, 0.717) is 6.54 Å². The Bertz CT molecular complexity index is 766. The highest BCUT2D eigenvalue weighted by Gasteiger charge is 2.14. The summed E-state index contributed by atoms with van der Waals surface area (Å²) in [6.07, 6.45) is 0.926. The van der Waals surface area contributed by atoms with Crippen molar-refractivity contribution in [3.63, 3.8) is 0 Å². The summed E-state index contributed by atoms with van der Waals surface area (Å²) in [6.45, 7) is 2.65. The lowest BCUT2D eigenvalue weighted by Gasteiger charge is -2.03. The van der Waals surface area contributed by atoms with Gasteiger partial charge in [0.15, 0.2) is 5.82 Å². The average molecular weight is 269 g/mol. The predicted octanol–water partition coefficient (Wildman–Crippen LogP) is 1.99. The second-order valence-electron chi connectivity index (χ2n) is 5.02. The normalized spacial score (nSPS) is 11.4. The minimum Gasteiger partial charge on any atom is -0.326 e. The molecule has 0 radical (unpaired) electrons. The van der Waals surface area contributed by atoms with Crippen LogP contribution in [0.5, 0.6) is 0 Å². The number of hydrogen-bond donors (Lipinski definition) is 1. The maximum absolute atomic E-state index is 5.71. The molecule has 3 rings (SSSR count). The SMILES string of the molecule is CCc1cc(-c2nc3ccc(CN)cc3n2C)n(C)n1. The second kappa shape index (κ2) is 4.76. The summed E-state index contributed by atoms with van der Waals surface area (Å²) in [5.41, 5.74) is 11.0. The maximum Gasteiger partial charge on any atom is 0.159 e. The molecule has 5 heteroatoms. The van der Waals surface area contributed by atoms with Crippen LogP contribution >= 0.6 is 0 Å². The molecular formula is C15H19N5. The van der Waals surface area contributed by atoms with Crippen LogP contribution in [0.2, 0.25) is 0 Å². The zero-order valence-electron chi connectivity index (χ0n) is 12.1. The number of benzene rings is 1. The van der Waals surface area contributed by atoms with Gasteiger partial charge in [-0.2, -0.15) is 5.10 Å². The Morgan fingerprint density at radius 1 is 1.20 bits per heavy atom. The molecule has 0 aliphatic rings. The van der Waals surface area contributed by atoms with Crippen LogP contribution in [0.4, 0.5) is 0 Å². The Morgan fingerprint density at radius 2 is 2.00 bits per heavy atom. The second-order valence-corrected chi connectivity index (χ2v) is 5.02. The van der Waals surface area contributed by atoms with Crippen molar-refractivity contribution in [2.24, 2.45) is 19.8 Å². The molecule has 0 saturated carbocycles. The van der Waals surface area contributed by atoms with Gasteiger partial charge < -0.3 is 10.3 Å². The van der Waals surface area contributed by atoms with Gasteiger partial charge in [-0.05, 0) is 30.2 Å². The van der Waals surface area contributed by atoms with E-state index >= 15 is 0 Å². The molecule has 2 aromatic heterocycles. The van der Waals surface area contributed by atoms with Crippen molar-refractivity contribution in [2.75, 3.05) is 0 Å². The number of imidazole rings is 1. The van der Waals surface area contributed by atoms with Crippen LogP contribution < -0.4 is 5.73 Å². The third kappa shape index (κ3) is 1.91. The smallest absolute Gasteiger partial charge is 0.159 e. The first-order valence-electron chi connectivity index (χ1n) is 6.82. The average Bonchev–Trinajstić information content (AvgIpc) is 2.99. The van der Waals surface area contributed by atoms with Crippen molar-refractivity contribution in [3.05, 3.63) is 35.5 Å². The number of aromatic nitrogens is 4. The highest BCUT2D eigenvalue weighted by Crippen LogP contribution is 2.24. The molecule has 0 amide bonds. The van der Waals surface area contributed by atoms with Gasteiger partial charge in [-0.15, -0.1) is 0 Å². The molecule has 2 heterocycles. The Morgan fingerprint density at radius 3 is 2.65 bits per heavy atom. The molecule has 1 aromatic carbocycles. The standard InChI is InChI=1S/C15H19N5/c1-4-11-8-14(20(3)18-11)15-17-12-6-5-10(9-16)7-13(12)19(15)2/h5-8H,4,9,16H2,1-3H3. The Labute approximate surface area is 118 Å². The van der Waals surface area contributed by atoms with Crippen LogP contribution in [0.25, 0.3) is 22.6 Å². The minimum atomic E-state index is 0.544. The van der Waals surface area contributed by atoms with E-state index in [2.05, 4.69) is 28.7 Å². The predicted molar refractivity (Wildman–Crippen MR) is 80.2 cm³/mol. The molecule has 0 fully saturated rings. The fourth-order valence-electron chi connectivity index (χ4n) is 2.50. The van der Waals surface area contributed by atoms with Crippen LogP contribution in [0.1, 0.15) is 18.2 Å². The molecule has 2 N–H and O–H groups in total. The highest BCUT2D eigenvalue weighted by atomic mass is 15.3. The molecular weight excluding hydrogens is 250 g/mol. The number of nitrogens with zero attached hydrogens (tertiary/aromatic N) is 4. The van der Waals surface area contributed by atoms with Crippen molar-refractivity contribution in [1.29, 1.82) is 0 Å². The topological polar surface area (TPSA) is 61.7 Å². The summed E-state index contributed by atoms with van der Waals surface area (Å²) >= 11 is 0. The Kier molecular flexibility index (Phi) is 3.06.